The molecular formula is C14H19NO3. The fourth-order valence-corrected chi connectivity index (χ4v) is 1.66. The largest absolute Gasteiger partial charge is 0.468 e. The van der Waals surface area contributed by atoms with Gasteiger partial charge in [0.1, 0.15) is 6.54 Å². The van der Waals surface area contributed by atoms with Crippen LogP contribution in [-0.4, -0.2) is 37.5 Å². The number of rotatable bonds is 5. The molecule has 0 bridgehead atoms. The van der Waals surface area contributed by atoms with Crippen molar-refractivity contribution in [1.82, 2.24) is 4.90 Å². The lowest BCUT2D eigenvalue weighted by Gasteiger charge is -2.15. The van der Waals surface area contributed by atoms with E-state index < -0.39 is 5.97 Å². The van der Waals surface area contributed by atoms with Gasteiger partial charge >= 0.3 is 5.97 Å². The summed E-state index contributed by atoms with van der Waals surface area (Å²) >= 11 is 0. The second-order valence-corrected chi connectivity index (χ2v) is 4.31. The number of likely N-dealkylation sites (N-methyl/N-ethyl adjacent to an activating group) is 1. The first-order valence-electron chi connectivity index (χ1n) is 5.89. The van der Waals surface area contributed by atoms with Crippen LogP contribution in [0.1, 0.15) is 17.5 Å². The molecule has 0 saturated carbocycles. The molecule has 0 aliphatic rings. The van der Waals surface area contributed by atoms with Gasteiger partial charge in [0, 0.05) is 13.5 Å². The van der Waals surface area contributed by atoms with Crippen LogP contribution in [0.25, 0.3) is 0 Å². The predicted molar refractivity (Wildman–Crippen MR) is 69.2 cm³/mol. The molecule has 1 rings (SSSR count). The van der Waals surface area contributed by atoms with Gasteiger partial charge in [-0.05, 0) is 18.9 Å². The molecule has 1 aromatic rings. The van der Waals surface area contributed by atoms with Gasteiger partial charge < -0.3 is 9.64 Å². The fourth-order valence-electron chi connectivity index (χ4n) is 1.66. The van der Waals surface area contributed by atoms with E-state index in [-0.39, 0.29) is 12.5 Å². The molecule has 0 radical (unpaired) electrons. The molecule has 98 valence electrons. The van der Waals surface area contributed by atoms with E-state index in [9.17, 15) is 9.59 Å². The van der Waals surface area contributed by atoms with Crippen LogP contribution in [0, 0.1) is 6.92 Å². The van der Waals surface area contributed by atoms with Gasteiger partial charge in [-0.3, -0.25) is 9.59 Å². The monoisotopic (exact) mass is 249 g/mol. The Morgan fingerprint density at radius 2 is 2.06 bits per heavy atom. The predicted octanol–water partition coefficient (Wildman–Crippen LogP) is 1.56. The first-order chi connectivity index (χ1) is 8.52. The van der Waals surface area contributed by atoms with Crippen LogP contribution < -0.4 is 0 Å². The number of nitrogens with zero attached hydrogens (tertiary/aromatic N) is 1. The highest BCUT2D eigenvalue weighted by Gasteiger charge is 2.12. The highest BCUT2D eigenvalue weighted by atomic mass is 16.5. The second kappa shape index (κ2) is 6.79. The number of hydrogen-bond donors (Lipinski definition) is 0. The molecule has 0 atom stereocenters. The van der Waals surface area contributed by atoms with Gasteiger partial charge in [-0.2, -0.15) is 0 Å². The molecule has 1 aromatic carbocycles. The molecule has 0 N–H and O–H groups in total. The van der Waals surface area contributed by atoms with Crippen LogP contribution in [0.5, 0.6) is 0 Å². The summed E-state index contributed by atoms with van der Waals surface area (Å²) in [5.41, 5.74) is 2.32. The molecule has 0 unspecified atom stereocenters. The van der Waals surface area contributed by atoms with Gasteiger partial charge in [-0.25, -0.2) is 0 Å². The number of hydrogen-bond acceptors (Lipinski definition) is 3. The normalized spacial score (nSPS) is 9.94. The van der Waals surface area contributed by atoms with E-state index in [1.165, 1.54) is 17.6 Å². The summed E-state index contributed by atoms with van der Waals surface area (Å²) in [5.74, 6) is -0.455. The van der Waals surface area contributed by atoms with Crippen molar-refractivity contribution in [2.45, 2.75) is 19.8 Å². The molecular weight excluding hydrogens is 230 g/mol. The average Bonchev–Trinajstić information content (AvgIpc) is 2.35. The lowest BCUT2D eigenvalue weighted by atomic mass is 10.1. The number of esters is 1. The van der Waals surface area contributed by atoms with Crippen LogP contribution in [0.15, 0.2) is 24.3 Å². The topological polar surface area (TPSA) is 46.6 Å². The van der Waals surface area contributed by atoms with Crippen LogP contribution in [-0.2, 0) is 20.7 Å². The zero-order chi connectivity index (χ0) is 13.5. The van der Waals surface area contributed by atoms with E-state index in [1.54, 1.807) is 7.05 Å². The van der Waals surface area contributed by atoms with Crippen molar-refractivity contribution in [3.63, 3.8) is 0 Å². The van der Waals surface area contributed by atoms with E-state index >= 15 is 0 Å². The van der Waals surface area contributed by atoms with Crippen molar-refractivity contribution in [2.75, 3.05) is 20.7 Å². The Labute approximate surface area is 108 Å². The Kier molecular flexibility index (Phi) is 5.36. The third kappa shape index (κ3) is 4.57. The molecule has 0 spiro atoms. The summed E-state index contributed by atoms with van der Waals surface area (Å²) in [6.07, 6.45) is 1.09. The number of methoxy groups -OCH3 is 1. The molecule has 0 heterocycles. The SMILES string of the molecule is COC(=O)CN(C)C(=O)CCc1cccc(C)c1. The van der Waals surface area contributed by atoms with Gasteiger partial charge in [0.05, 0.1) is 7.11 Å². The minimum absolute atomic E-state index is 0.00313. The molecule has 4 nitrogen and oxygen atoms in total. The van der Waals surface area contributed by atoms with Crippen molar-refractivity contribution in [3.05, 3.63) is 35.4 Å². The maximum atomic E-state index is 11.8. The summed E-state index contributed by atoms with van der Waals surface area (Å²) in [6, 6.07) is 8.07. The number of amides is 1. The van der Waals surface area contributed by atoms with Gasteiger partial charge in [-0.1, -0.05) is 29.8 Å². The van der Waals surface area contributed by atoms with Gasteiger partial charge in [0.25, 0.3) is 0 Å². The van der Waals surface area contributed by atoms with Gasteiger partial charge in [0.15, 0.2) is 0 Å². The Bertz CT molecular complexity index is 429. The molecule has 0 aliphatic heterocycles. The number of carbonyl (C=O) groups is 2. The minimum atomic E-state index is -0.401. The van der Waals surface area contributed by atoms with E-state index in [1.807, 2.05) is 25.1 Å². The van der Waals surface area contributed by atoms with E-state index in [2.05, 4.69) is 10.8 Å². The quantitative estimate of drug-likeness (QED) is 0.744. The number of ether oxygens (including phenoxy) is 1. The summed E-state index contributed by atoms with van der Waals surface area (Å²) in [4.78, 5) is 24.2. The number of carbonyl (C=O) groups excluding carboxylic acids is 2. The van der Waals surface area contributed by atoms with Crippen LogP contribution >= 0.6 is 0 Å². The molecule has 0 aromatic heterocycles. The summed E-state index contributed by atoms with van der Waals surface area (Å²) in [7, 11) is 2.92. The minimum Gasteiger partial charge on any atom is -0.468 e. The molecule has 4 heteroatoms. The number of benzene rings is 1. The zero-order valence-corrected chi connectivity index (χ0v) is 11.1. The second-order valence-electron chi connectivity index (χ2n) is 4.31. The molecule has 0 aliphatic carbocycles. The first-order valence-corrected chi connectivity index (χ1v) is 5.89. The lowest BCUT2D eigenvalue weighted by molar-refractivity contribution is -0.146. The molecule has 1 amide bonds. The standard InChI is InChI=1S/C14H19NO3/c1-11-5-4-6-12(9-11)7-8-13(16)15(2)10-14(17)18-3/h4-6,9H,7-8,10H2,1-3H3. The Balaban J connectivity index is 2.43. The summed E-state index contributed by atoms with van der Waals surface area (Å²) in [6.45, 7) is 2.03. The van der Waals surface area contributed by atoms with E-state index in [4.69, 9.17) is 0 Å². The van der Waals surface area contributed by atoms with E-state index in [0.717, 1.165) is 5.56 Å². The summed E-state index contributed by atoms with van der Waals surface area (Å²) < 4.78 is 4.52. The Hall–Kier alpha value is -1.84. The highest BCUT2D eigenvalue weighted by molar-refractivity contribution is 5.81. The van der Waals surface area contributed by atoms with Crippen molar-refractivity contribution in [2.24, 2.45) is 0 Å². The molecule has 18 heavy (non-hydrogen) atoms. The average molecular weight is 249 g/mol. The zero-order valence-electron chi connectivity index (χ0n) is 11.1. The smallest absolute Gasteiger partial charge is 0.325 e. The van der Waals surface area contributed by atoms with Crippen molar-refractivity contribution in [1.29, 1.82) is 0 Å². The highest BCUT2D eigenvalue weighted by Crippen LogP contribution is 2.07. The first kappa shape index (κ1) is 14.2. The maximum absolute atomic E-state index is 11.8. The molecule has 0 fully saturated rings. The van der Waals surface area contributed by atoms with Gasteiger partial charge in [0.2, 0.25) is 5.91 Å². The Morgan fingerprint density at radius 3 is 2.67 bits per heavy atom. The van der Waals surface area contributed by atoms with Crippen LogP contribution in [0.2, 0.25) is 0 Å². The third-order valence-corrected chi connectivity index (χ3v) is 2.73. The molecule has 0 saturated heterocycles. The van der Waals surface area contributed by atoms with Crippen LogP contribution in [0.3, 0.4) is 0 Å². The van der Waals surface area contributed by atoms with Gasteiger partial charge in [-0.15, -0.1) is 0 Å². The third-order valence-electron chi connectivity index (χ3n) is 2.73. The van der Waals surface area contributed by atoms with Crippen molar-refractivity contribution < 1.29 is 14.3 Å². The van der Waals surface area contributed by atoms with E-state index in [0.29, 0.717) is 12.8 Å². The Morgan fingerprint density at radius 1 is 1.33 bits per heavy atom. The van der Waals surface area contributed by atoms with Crippen molar-refractivity contribution >= 4 is 11.9 Å². The maximum Gasteiger partial charge on any atom is 0.325 e. The lowest BCUT2D eigenvalue weighted by Crippen LogP contribution is -2.32. The number of aryl methyl sites for hydroxylation is 2. The summed E-state index contributed by atoms with van der Waals surface area (Å²) in [5, 5.41) is 0. The van der Waals surface area contributed by atoms with Crippen LogP contribution in [0.4, 0.5) is 0 Å². The van der Waals surface area contributed by atoms with Crippen molar-refractivity contribution in [3.8, 4) is 0 Å². The fraction of sp³-hybridized carbons (Fsp3) is 0.429.